The topological polar surface area (TPSA) is 70.2 Å². The van der Waals surface area contributed by atoms with E-state index in [0.29, 0.717) is 25.8 Å². The summed E-state index contributed by atoms with van der Waals surface area (Å²) in [5, 5.41) is 9.99. The van der Waals surface area contributed by atoms with Gasteiger partial charge in [-0.15, -0.1) is 0 Å². The number of allylic oxidation sites excluding steroid dienone is 6. The molecule has 2 amide bonds. The molecule has 1 aromatic carbocycles. The summed E-state index contributed by atoms with van der Waals surface area (Å²) in [7, 11) is 0. The molecule has 0 radical (unpaired) electrons. The minimum atomic E-state index is -0.580. The molecule has 5 nitrogen and oxygen atoms in total. The van der Waals surface area contributed by atoms with Crippen LogP contribution < -0.4 is 16.0 Å². The highest BCUT2D eigenvalue weighted by Gasteiger charge is 2.37. The Labute approximate surface area is 232 Å². The van der Waals surface area contributed by atoms with Crippen LogP contribution in [0.5, 0.6) is 0 Å². The number of hydrogen-bond donors (Lipinski definition) is 3. The largest absolute Gasteiger partial charge is 0.354 e. The zero-order valence-electron chi connectivity index (χ0n) is 24.1. The summed E-state index contributed by atoms with van der Waals surface area (Å²) in [6, 6.07) is 8.89. The van der Waals surface area contributed by atoms with Crippen LogP contribution in [0.25, 0.3) is 0 Å². The van der Waals surface area contributed by atoms with Crippen LogP contribution in [0, 0.1) is 0 Å². The maximum atomic E-state index is 13.9. The van der Waals surface area contributed by atoms with E-state index in [0.717, 1.165) is 37.3 Å². The fraction of sp³-hybridized carbons (Fsp3) is 0.562. The summed E-state index contributed by atoms with van der Waals surface area (Å²) in [5.41, 5.74) is 3.08. The molecular weight excluding hydrogens is 496 g/mol. The van der Waals surface area contributed by atoms with E-state index in [9.17, 15) is 18.4 Å². The van der Waals surface area contributed by atoms with Gasteiger partial charge in [0.2, 0.25) is 11.8 Å². The fourth-order valence-corrected chi connectivity index (χ4v) is 5.69. The third kappa shape index (κ3) is 9.41. The molecule has 0 aromatic heterocycles. The van der Waals surface area contributed by atoms with Gasteiger partial charge in [0, 0.05) is 44.0 Å². The molecule has 0 heterocycles. The minimum absolute atomic E-state index is 0.00497. The molecule has 2 aliphatic rings. The summed E-state index contributed by atoms with van der Waals surface area (Å²) < 4.78 is 27.5. The van der Waals surface area contributed by atoms with Crippen molar-refractivity contribution in [1.82, 2.24) is 16.0 Å². The van der Waals surface area contributed by atoms with E-state index in [1.54, 1.807) is 13.0 Å². The molecule has 1 fully saturated rings. The number of amides is 2. The first kappa shape index (κ1) is 30.7. The molecule has 0 aliphatic heterocycles. The number of rotatable bonds is 10. The quantitative estimate of drug-likeness (QED) is 0.314. The molecule has 1 atom stereocenters. The lowest BCUT2D eigenvalue weighted by Crippen LogP contribution is -2.50. The second-order valence-corrected chi connectivity index (χ2v) is 12.1. The van der Waals surface area contributed by atoms with E-state index in [-0.39, 0.29) is 41.3 Å². The summed E-state index contributed by atoms with van der Waals surface area (Å²) in [6.07, 6.45) is 9.56. The van der Waals surface area contributed by atoms with E-state index in [1.807, 2.05) is 0 Å². The van der Waals surface area contributed by atoms with Crippen molar-refractivity contribution >= 4 is 11.8 Å². The van der Waals surface area contributed by atoms with Crippen LogP contribution in [0.1, 0.15) is 97.1 Å². The molecule has 0 bridgehead atoms. The van der Waals surface area contributed by atoms with Gasteiger partial charge >= 0.3 is 0 Å². The zero-order chi connectivity index (χ0) is 28.6. The van der Waals surface area contributed by atoms with Gasteiger partial charge in [-0.3, -0.25) is 9.59 Å². The number of halogens is 2. The van der Waals surface area contributed by atoms with E-state index in [4.69, 9.17) is 0 Å². The molecule has 0 saturated heterocycles. The van der Waals surface area contributed by atoms with Crippen molar-refractivity contribution in [3.8, 4) is 0 Å². The average molecular weight is 542 g/mol. The maximum Gasteiger partial charge on any atom is 0.217 e. The second-order valence-electron chi connectivity index (χ2n) is 12.1. The van der Waals surface area contributed by atoms with Crippen molar-refractivity contribution in [3.63, 3.8) is 0 Å². The molecule has 7 heteroatoms. The van der Waals surface area contributed by atoms with Gasteiger partial charge in [0.15, 0.2) is 0 Å². The standard InChI is InChI=1S/C32H45F2N3O2/c1-22(38)36-29(12-10-24-9-11-27(33)21-28(34)19-24)15-18-35-32(16-13-30(14-17-32)37-23(2)39)26-8-6-7-25(20-26)31(3,4)5/h6-9,19-21,29-30,35H,10-18H2,1-5H3,(H,36,38)(H,37,39)/t29-,30?,32?/m0/s1. The van der Waals surface area contributed by atoms with Crippen LogP contribution in [0.2, 0.25) is 0 Å². The number of carbonyl (C=O) groups excluding carboxylic acids is 2. The zero-order valence-corrected chi connectivity index (χ0v) is 24.1. The summed E-state index contributed by atoms with van der Waals surface area (Å²) >= 11 is 0. The highest BCUT2D eigenvalue weighted by molar-refractivity contribution is 5.73. The fourth-order valence-electron chi connectivity index (χ4n) is 5.69. The highest BCUT2D eigenvalue weighted by atomic mass is 19.1. The van der Waals surface area contributed by atoms with Crippen LogP contribution in [0.3, 0.4) is 0 Å². The molecule has 3 N–H and O–H groups in total. The Kier molecular flexibility index (Phi) is 10.6. The lowest BCUT2D eigenvalue weighted by molar-refractivity contribution is -0.120. The SMILES string of the molecule is CC(=O)NC1CCC(NCC[C@H](CCC2=CCC(F)=CC(F)=C2)NC(C)=O)(c2cccc(C(C)(C)C)c2)CC1. The van der Waals surface area contributed by atoms with Crippen molar-refractivity contribution in [2.75, 3.05) is 6.54 Å². The van der Waals surface area contributed by atoms with Gasteiger partial charge in [-0.25, -0.2) is 8.78 Å². The molecule has 1 saturated carbocycles. The molecular formula is C32H45F2N3O2. The summed E-state index contributed by atoms with van der Waals surface area (Å²) in [6.45, 7) is 10.4. The molecule has 214 valence electrons. The third-order valence-electron chi connectivity index (χ3n) is 7.85. The minimum Gasteiger partial charge on any atom is -0.354 e. The van der Waals surface area contributed by atoms with Gasteiger partial charge in [-0.2, -0.15) is 0 Å². The Bertz CT molecular complexity index is 1110. The number of nitrogens with one attached hydrogen (secondary N) is 3. The second kappa shape index (κ2) is 13.5. The molecule has 0 spiro atoms. The predicted octanol–water partition coefficient (Wildman–Crippen LogP) is 6.56. The van der Waals surface area contributed by atoms with Crippen molar-refractivity contribution in [1.29, 1.82) is 0 Å². The predicted molar refractivity (Wildman–Crippen MR) is 153 cm³/mol. The normalized spacial score (nSPS) is 22.6. The van der Waals surface area contributed by atoms with Crippen molar-refractivity contribution < 1.29 is 18.4 Å². The van der Waals surface area contributed by atoms with Crippen molar-refractivity contribution in [2.45, 2.75) is 109 Å². The van der Waals surface area contributed by atoms with Gasteiger partial charge in [0.25, 0.3) is 0 Å². The van der Waals surface area contributed by atoms with Crippen LogP contribution in [-0.4, -0.2) is 30.4 Å². The smallest absolute Gasteiger partial charge is 0.217 e. The molecule has 0 unspecified atom stereocenters. The number of hydrogen-bond acceptors (Lipinski definition) is 3. The number of benzene rings is 1. The van der Waals surface area contributed by atoms with Crippen LogP contribution >= 0.6 is 0 Å². The van der Waals surface area contributed by atoms with Gasteiger partial charge < -0.3 is 16.0 Å². The number of carbonyl (C=O) groups is 2. The highest BCUT2D eigenvalue weighted by Crippen LogP contribution is 2.39. The first-order chi connectivity index (χ1) is 18.4. The Morgan fingerprint density at radius 1 is 1.05 bits per heavy atom. The molecule has 3 rings (SSSR count). The summed E-state index contributed by atoms with van der Waals surface area (Å²) in [4.78, 5) is 23.6. The van der Waals surface area contributed by atoms with E-state index >= 15 is 0 Å². The third-order valence-corrected chi connectivity index (χ3v) is 7.85. The van der Waals surface area contributed by atoms with Crippen LogP contribution in [0.4, 0.5) is 8.78 Å². The maximum absolute atomic E-state index is 13.9. The van der Waals surface area contributed by atoms with Crippen LogP contribution in [0.15, 0.2) is 59.7 Å². The van der Waals surface area contributed by atoms with Gasteiger partial charge in [-0.1, -0.05) is 51.1 Å². The Hall–Kier alpha value is -2.80. The lowest BCUT2D eigenvalue weighted by atomic mass is 9.73. The molecule has 2 aliphatic carbocycles. The Morgan fingerprint density at radius 2 is 1.77 bits per heavy atom. The van der Waals surface area contributed by atoms with E-state index in [2.05, 4.69) is 61.0 Å². The summed E-state index contributed by atoms with van der Waals surface area (Å²) in [5.74, 6) is -1.17. The average Bonchev–Trinajstić information content (AvgIpc) is 3.02. The lowest BCUT2D eigenvalue weighted by Gasteiger charge is -2.42. The first-order valence-corrected chi connectivity index (χ1v) is 14.2. The van der Waals surface area contributed by atoms with Gasteiger partial charge in [0.1, 0.15) is 11.7 Å². The monoisotopic (exact) mass is 541 g/mol. The van der Waals surface area contributed by atoms with Crippen molar-refractivity contribution in [2.24, 2.45) is 0 Å². The van der Waals surface area contributed by atoms with E-state index in [1.165, 1.54) is 24.1 Å². The van der Waals surface area contributed by atoms with Crippen molar-refractivity contribution in [3.05, 3.63) is 70.8 Å². The van der Waals surface area contributed by atoms with E-state index < -0.39 is 11.7 Å². The first-order valence-electron chi connectivity index (χ1n) is 14.2. The van der Waals surface area contributed by atoms with Gasteiger partial charge in [-0.05, 0) is 79.7 Å². The van der Waals surface area contributed by atoms with Gasteiger partial charge in [0.05, 0.1) is 0 Å². The molecule has 1 aromatic rings. The molecule has 39 heavy (non-hydrogen) atoms. The Balaban J connectivity index is 1.72. The van der Waals surface area contributed by atoms with Crippen LogP contribution in [-0.2, 0) is 20.5 Å². The Morgan fingerprint density at radius 3 is 2.41 bits per heavy atom.